The molecule has 0 radical (unpaired) electrons. The number of esters is 1. The Morgan fingerprint density at radius 1 is 1.58 bits per heavy atom. The second kappa shape index (κ2) is 5.98. The third kappa shape index (κ3) is 2.54. The van der Waals surface area contributed by atoms with Crippen LogP contribution < -0.4 is 4.90 Å². The molecule has 1 atom stereocenters. The van der Waals surface area contributed by atoms with Gasteiger partial charge in [0.2, 0.25) is 0 Å². The molecule has 0 spiro atoms. The predicted molar refractivity (Wildman–Crippen MR) is 75.3 cm³/mol. The maximum Gasteiger partial charge on any atom is 0.328 e. The van der Waals surface area contributed by atoms with Gasteiger partial charge in [0.25, 0.3) is 0 Å². The second-order valence-corrected chi connectivity index (χ2v) is 5.19. The molecule has 1 fully saturated rings. The summed E-state index contributed by atoms with van der Waals surface area (Å²) < 4.78 is 4.85. The highest BCUT2D eigenvalue weighted by atomic mass is 32.2. The molecule has 19 heavy (non-hydrogen) atoms. The summed E-state index contributed by atoms with van der Waals surface area (Å²) in [7, 11) is 1.41. The molecule has 0 bridgehead atoms. The van der Waals surface area contributed by atoms with Gasteiger partial charge in [-0.3, -0.25) is 0 Å². The number of hydrogen-bond donors (Lipinski definition) is 0. The van der Waals surface area contributed by atoms with E-state index in [1.165, 1.54) is 7.11 Å². The summed E-state index contributed by atoms with van der Waals surface area (Å²) in [6.45, 7) is 0.784. The number of rotatable bonds is 3. The summed E-state index contributed by atoms with van der Waals surface area (Å²) in [5.41, 5.74) is 1.48. The topological polar surface area (TPSA) is 53.3 Å². The van der Waals surface area contributed by atoms with Crippen LogP contribution in [0.2, 0.25) is 0 Å². The Labute approximate surface area is 117 Å². The van der Waals surface area contributed by atoms with Crippen LogP contribution in [0.15, 0.2) is 23.1 Å². The Balaban J connectivity index is 2.41. The lowest BCUT2D eigenvalue weighted by Crippen LogP contribution is -2.37. The first-order valence-electron chi connectivity index (χ1n) is 6.14. The maximum atomic E-state index is 11.8. The molecule has 1 aromatic carbocycles. The van der Waals surface area contributed by atoms with Crippen molar-refractivity contribution < 1.29 is 9.53 Å². The van der Waals surface area contributed by atoms with Crippen molar-refractivity contribution in [3.05, 3.63) is 23.8 Å². The molecule has 0 aliphatic carbocycles. The fourth-order valence-electron chi connectivity index (χ4n) is 2.48. The minimum absolute atomic E-state index is 0.226. The van der Waals surface area contributed by atoms with Crippen LogP contribution in [0.4, 0.5) is 5.69 Å². The normalized spacial score (nSPS) is 18.2. The molecule has 1 heterocycles. The fraction of sp³-hybridized carbons (Fsp3) is 0.429. The van der Waals surface area contributed by atoms with Crippen molar-refractivity contribution in [1.29, 1.82) is 5.26 Å². The minimum Gasteiger partial charge on any atom is -0.467 e. The number of benzene rings is 1. The minimum atomic E-state index is -0.269. The summed E-state index contributed by atoms with van der Waals surface area (Å²) in [5.74, 6) is -0.226. The molecular formula is C14H16N2O2S. The molecule has 2 rings (SSSR count). The van der Waals surface area contributed by atoms with E-state index in [1.54, 1.807) is 11.8 Å². The third-order valence-electron chi connectivity index (χ3n) is 3.37. The molecular weight excluding hydrogens is 260 g/mol. The van der Waals surface area contributed by atoms with Crippen molar-refractivity contribution >= 4 is 23.4 Å². The van der Waals surface area contributed by atoms with Crippen LogP contribution in [-0.2, 0) is 9.53 Å². The Bertz CT molecular complexity index is 525. The molecule has 1 aliphatic rings. The van der Waals surface area contributed by atoms with Crippen LogP contribution in [0.25, 0.3) is 0 Å². The highest BCUT2D eigenvalue weighted by Crippen LogP contribution is 2.33. The van der Waals surface area contributed by atoms with E-state index in [-0.39, 0.29) is 12.0 Å². The smallest absolute Gasteiger partial charge is 0.328 e. The predicted octanol–water partition coefficient (Wildman–Crippen LogP) is 2.42. The molecule has 1 aliphatic heterocycles. The summed E-state index contributed by atoms with van der Waals surface area (Å²) >= 11 is 1.54. The third-order valence-corrected chi connectivity index (χ3v) is 4.15. The average Bonchev–Trinajstić information content (AvgIpc) is 2.94. The van der Waals surface area contributed by atoms with Gasteiger partial charge in [0.1, 0.15) is 12.1 Å². The summed E-state index contributed by atoms with van der Waals surface area (Å²) in [5, 5.41) is 9.37. The lowest BCUT2D eigenvalue weighted by Gasteiger charge is -2.26. The van der Waals surface area contributed by atoms with Crippen molar-refractivity contribution in [2.45, 2.75) is 23.8 Å². The Morgan fingerprint density at radius 3 is 3.00 bits per heavy atom. The van der Waals surface area contributed by atoms with Crippen LogP contribution in [0.3, 0.4) is 0 Å². The molecule has 4 nitrogen and oxygen atoms in total. The number of hydrogen-bond acceptors (Lipinski definition) is 5. The average molecular weight is 276 g/mol. The zero-order valence-corrected chi connectivity index (χ0v) is 11.9. The van der Waals surface area contributed by atoms with Crippen LogP contribution >= 0.6 is 11.8 Å². The number of nitriles is 1. The van der Waals surface area contributed by atoms with Gasteiger partial charge in [-0.25, -0.2) is 4.79 Å². The quantitative estimate of drug-likeness (QED) is 0.627. The number of thioether (sulfide) groups is 1. The first kappa shape index (κ1) is 13.8. The van der Waals surface area contributed by atoms with E-state index in [1.807, 2.05) is 29.4 Å². The second-order valence-electron chi connectivity index (χ2n) is 4.34. The van der Waals surface area contributed by atoms with Gasteiger partial charge in [0, 0.05) is 11.4 Å². The molecule has 0 amide bonds. The van der Waals surface area contributed by atoms with E-state index >= 15 is 0 Å². The molecule has 0 saturated carbocycles. The number of ether oxygens (including phenoxy) is 1. The van der Waals surface area contributed by atoms with Crippen LogP contribution in [0.5, 0.6) is 0 Å². The fourth-order valence-corrected chi connectivity index (χ4v) is 3.05. The van der Waals surface area contributed by atoms with Crippen LogP contribution in [0.1, 0.15) is 18.4 Å². The number of nitrogens with zero attached hydrogens (tertiary/aromatic N) is 2. The van der Waals surface area contributed by atoms with Gasteiger partial charge in [-0.2, -0.15) is 5.26 Å². The number of carbonyl (C=O) groups is 1. The van der Waals surface area contributed by atoms with Crippen molar-refractivity contribution in [2.24, 2.45) is 0 Å². The number of anilines is 1. The van der Waals surface area contributed by atoms with E-state index in [0.29, 0.717) is 5.56 Å². The zero-order chi connectivity index (χ0) is 13.8. The van der Waals surface area contributed by atoms with Crippen molar-refractivity contribution in [1.82, 2.24) is 0 Å². The van der Waals surface area contributed by atoms with Crippen molar-refractivity contribution in [3.8, 4) is 6.07 Å². The van der Waals surface area contributed by atoms with Gasteiger partial charge in [0.15, 0.2) is 0 Å². The number of carbonyl (C=O) groups excluding carboxylic acids is 1. The zero-order valence-electron chi connectivity index (χ0n) is 11.0. The van der Waals surface area contributed by atoms with Gasteiger partial charge < -0.3 is 9.64 Å². The molecule has 0 N–H and O–H groups in total. The van der Waals surface area contributed by atoms with Gasteiger partial charge in [-0.15, -0.1) is 11.8 Å². The number of methoxy groups -OCH3 is 1. The Kier molecular flexibility index (Phi) is 4.33. The molecule has 0 aromatic heterocycles. The Hall–Kier alpha value is -1.67. The van der Waals surface area contributed by atoms with Gasteiger partial charge in [0.05, 0.1) is 18.4 Å². The van der Waals surface area contributed by atoms with Gasteiger partial charge in [-0.1, -0.05) is 6.07 Å². The van der Waals surface area contributed by atoms with E-state index in [2.05, 4.69) is 6.07 Å². The Morgan fingerprint density at radius 2 is 2.37 bits per heavy atom. The first-order valence-corrected chi connectivity index (χ1v) is 7.37. The summed E-state index contributed by atoms with van der Waals surface area (Å²) in [4.78, 5) is 14.7. The highest BCUT2D eigenvalue weighted by molar-refractivity contribution is 7.98. The molecule has 1 saturated heterocycles. The van der Waals surface area contributed by atoms with Crippen LogP contribution in [0, 0.1) is 11.3 Å². The van der Waals surface area contributed by atoms with Gasteiger partial charge >= 0.3 is 5.97 Å². The van der Waals surface area contributed by atoms with E-state index in [9.17, 15) is 10.1 Å². The molecule has 1 aromatic rings. The summed E-state index contributed by atoms with van der Waals surface area (Å²) in [6, 6.07) is 7.74. The van der Waals surface area contributed by atoms with Gasteiger partial charge in [-0.05, 0) is 31.2 Å². The van der Waals surface area contributed by atoms with Crippen molar-refractivity contribution in [3.63, 3.8) is 0 Å². The maximum absolute atomic E-state index is 11.8. The van der Waals surface area contributed by atoms with Crippen LogP contribution in [-0.4, -0.2) is 31.9 Å². The van der Waals surface area contributed by atoms with E-state index in [4.69, 9.17) is 4.74 Å². The van der Waals surface area contributed by atoms with E-state index in [0.717, 1.165) is 30.0 Å². The largest absolute Gasteiger partial charge is 0.467 e. The molecule has 100 valence electrons. The van der Waals surface area contributed by atoms with E-state index < -0.39 is 0 Å². The summed E-state index contributed by atoms with van der Waals surface area (Å²) in [6.07, 6.45) is 3.66. The highest BCUT2D eigenvalue weighted by Gasteiger charge is 2.33. The molecule has 5 heteroatoms. The molecule has 1 unspecified atom stereocenters. The van der Waals surface area contributed by atoms with Crippen molar-refractivity contribution in [2.75, 3.05) is 24.8 Å². The standard InChI is InChI=1S/C14H16N2O2S/c1-18-14(17)12-6-4-8-16(12)11-5-3-7-13(19-2)10(11)9-15/h3,5,7,12H,4,6,8H2,1-2H3. The lowest BCUT2D eigenvalue weighted by molar-refractivity contribution is -0.141. The first-order chi connectivity index (χ1) is 9.22. The monoisotopic (exact) mass is 276 g/mol. The SMILES string of the molecule is COC(=O)C1CCCN1c1cccc(SC)c1C#N. The lowest BCUT2D eigenvalue weighted by atomic mass is 10.1.